The molecular weight excluding hydrogens is 168 g/mol. The molecule has 1 aromatic heterocycles. The zero-order valence-electron chi connectivity index (χ0n) is 6.09. The highest BCUT2D eigenvalue weighted by molar-refractivity contribution is 6.31. The van der Waals surface area contributed by atoms with E-state index in [0.29, 0.717) is 12.1 Å². The van der Waals surface area contributed by atoms with Crippen molar-refractivity contribution in [2.75, 3.05) is 6.61 Å². The monoisotopic (exact) mass is 176 g/mol. The molecule has 0 aliphatic heterocycles. The summed E-state index contributed by atoms with van der Waals surface area (Å²) in [5, 5.41) is 11.2. The molecule has 1 heterocycles. The van der Waals surface area contributed by atoms with Gasteiger partial charge in [0.15, 0.2) is 0 Å². The smallest absolute Gasteiger partial charge is 0.283 e. The quantitative estimate of drug-likeness (QED) is 0.661. The summed E-state index contributed by atoms with van der Waals surface area (Å²) in [6.45, 7) is -0.00907. The maximum atomic E-state index is 10.8. The number of H-pyrrole nitrogens is 1. The third kappa shape index (κ3) is 1.46. The second kappa shape index (κ2) is 3.11. The summed E-state index contributed by atoms with van der Waals surface area (Å²) >= 11 is 5.62. The highest BCUT2D eigenvalue weighted by Crippen LogP contribution is 2.08. The van der Waals surface area contributed by atoms with Crippen LogP contribution in [0.4, 0.5) is 0 Å². The van der Waals surface area contributed by atoms with Gasteiger partial charge in [-0.15, -0.1) is 0 Å². The molecule has 0 aromatic carbocycles. The Hall–Kier alpha value is -0.740. The summed E-state index contributed by atoms with van der Waals surface area (Å²) in [4.78, 5) is 10.8. The number of rotatable bonds is 2. The van der Waals surface area contributed by atoms with Crippen molar-refractivity contribution in [3.63, 3.8) is 0 Å². The zero-order chi connectivity index (χ0) is 8.43. The Labute approximate surface area is 68.4 Å². The summed E-state index contributed by atoms with van der Waals surface area (Å²) in [5.41, 5.74) is 0.330. The summed E-state index contributed by atoms with van der Waals surface area (Å²) in [6.07, 6.45) is 0.397. The number of aromatic amines is 1. The molecule has 1 aromatic rings. The largest absolute Gasteiger partial charge is 0.396 e. The Balaban J connectivity index is 3.12. The minimum absolute atomic E-state index is 0.00907. The van der Waals surface area contributed by atoms with Gasteiger partial charge in [0.2, 0.25) is 0 Å². The molecule has 0 atom stereocenters. The minimum atomic E-state index is -0.308. The van der Waals surface area contributed by atoms with E-state index < -0.39 is 0 Å². The average molecular weight is 177 g/mol. The first-order valence-corrected chi connectivity index (χ1v) is 3.59. The maximum Gasteiger partial charge on any atom is 0.283 e. The lowest BCUT2D eigenvalue weighted by molar-refractivity contribution is 0.296. The van der Waals surface area contributed by atoms with Crippen LogP contribution in [0.3, 0.4) is 0 Å². The topological polar surface area (TPSA) is 58.0 Å². The third-order valence-electron chi connectivity index (χ3n) is 1.48. The van der Waals surface area contributed by atoms with Crippen molar-refractivity contribution in [3.05, 3.63) is 21.1 Å². The predicted octanol–water partition coefficient (Wildman–Crippen LogP) is -0.0984. The molecule has 11 heavy (non-hydrogen) atoms. The minimum Gasteiger partial charge on any atom is -0.396 e. The van der Waals surface area contributed by atoms with E-state index >= 15 is 0 Å². The first-order valence-electron chi connectivity index (χ1n) is 3.21. The molecule has 5 heteroatoms. The highest BCUT2D eigenvalue weighted by atomic mass is 35.5. The van der Waals surface area contributed by atoms with Crippen molar-refractivity contribution in [1.29, 1.82) is 0 Å². The van der Waals surface area contributed by atoms with Crippen molar-refractivity contribution in [2.45, 2.75) is 6.42 Å². The second-order valence-electron chi connectivity index (χ2n) is 2.23. The van der Waals surface area contributed by atoms with E-state index in [9.17, 15) is 4.79 Å². The fourth-order valence-corrected chi connectivity index (χ4v) is 1.19. The molecule has 0 spiro atoms. The van der Waals surface area contributed by atoms with Gasteiger partial charge >= 0.3 is 0 Å². The van der Waals surface area contributed by atoms with E-state index in [0.717, 1.165) is 0 Å². The van der Waals surface area contributed by atoms with Gasteiger partial charge < -0.3 is 5.11 Å². The molecule has 0 amide bonds. The van der Waals surface area contributed by atoms with E-state index in [1.807, 2.05) is 0 Å². The fraction of sp³-hybridized carbons (Fsp3) is 0.500. The highest BCUT2D eigenvalue weighted by Gasteiger charge is 2.08. The molecule has 0 saturated carbocycles. The lowest BCUT2D eigenvalue weighted by Gasteiger charge is -1.98. The SMILES string of the molecule is Cn1[nH]c(=O)c(Cl)c1CCO. The number of aliphatic hydroxyl groups is 1. The number of aliphatic hydroxyl groups excluding tert-OH is 1. The predicted molar refractivity (Wildman–Crippen MR) is 41.8 cm³/mol. The lowest BCUT2D eigenvalue weighted by Crippen LogP contribution is -2.02. The standard InChI is InChI=1S/C6H9ClN2O2/c1-9-4(2-3-10)5(7)6(11)8-9/h10H,2-3H2,1H3,(H,8,11). The van der Waals surface area contributed by atoms with Crippen LogP contribution in [0.15, 0.2) is 4.79 Å². The normalized spacial score (nSPS) is 10.5. The van der Waals surface area contributed by atoms with Gasteiger partial charge in [0.05, 0.1) is 5.69 Å². The van der Waals surface area contributed by atoms with Gasteiger partial charge in [-0.25, -0.2) is 0 Å². The van der Waals surface area contributed by atoms with Gasteiger partial charge in [0.1, 0.15) is 5.02 Å². The van der Waals surface area contributed by atoms with E-state index in [-0.39, 0.29) is 17.2 Å². The summed E-state index contributed by atoms with van der Waals surface area (Å²) in [5.74, 6) is 0. The van der Waals surface area contributed by atoms with Crippen LogP contribution in [0, 0.1) is 0 Å². The molecule has 62 valence electrons. The third-order valence-corrected chi connectivity index (χ3v) is 1.87. The Morgan fingerprint density at radius 3 is 2.73 bits per heavy atom. The molecule has 0 aliphatic rings. The van der Waals surface area contributed by atoms with Crippen molar-refractivity contribution >= 4 is 11.6 Å². The maximum absolute atomic E-state index is 10.8. The summed E-state index contributed by atoms with van der Waals surface area (Å²) in [6, 6.07) is 0. The molecule has 2 N–H and O–H groups in total. The molecule has 4 nitrogen and oxygen atoms in total. The Bertz CT molecular complexity index is 302. The van der Waals surface area contributed by atoms with Gasteiger partial charge in [-0.3, -0.25) is 14.6 Å². The average Bonchev–Trinajstić information content (AvgIpc) is 2.17. The van der Waals surface area contributed by atoms with Crippen LogP contribution in [0.2, 0.25) is 5.02 Å². The molecule has 0 aliphatic carbocycles. The number of aryl methyl sites for hydroxylation is 1. The van der Waals surface area contributed by atoms with Crippen LogP contribution in [-0.4, -0.2) is 21.5 Å². The lowest BCUT2D eigenvalue weighted by atomic mass is 10.3. The Morgan fingerprint density at radius 2 is 2.36 bits per heavy atom. The number of hydrogen-bond donors (Lipinski definition) is 2. The Morgan fingerprint density at radius 1 is 1.73 bits per heavy atom. The molecule has 0 unspecified atom stereocenters. The molecule has 0 radical (unpaired) electrons. The van der Waals surface area contributed by atoms with Crippen LogP contribution in [0.25, 0.3) is 0 Å². The van der Waals surface area contributed by atoms with Crippen LogP contribution in [0.5, 0.6) is 0 Å². The van der Waals surface area contributed by atoms with Crippen molar-refractivity contribution in [3.8, 4) is 0 Å². The van der Waals surface area contributed by atoms with E-state index in [4.69, 9.17) is 16.7 Å². The number of nitrogens with one attached hydrogen (secondary N) is 1. The summed E-state index contributed by atoms with van der Waals surface area (Å²) < 4.78 is 1.51. The van der Waals surface area contributed by atoms with Crippen molar-refractivity contribution in [2.24, 2.45) is 7.05 Å². The van der Waals surface area contributed by atoms with Gasteiger partial charge in [-0.1, -0.05) is 11.6 Å². The van der Waals surface area contributed by atoms with E-state index in [1.54, 1.807) is 7.05 Å². The van der Waals surface area contributed by atoms with Crippen molar-refractivity contribution in [1.82, 2.24) is 9.78 Å². The molecule has 0 bridgehead atoms. The summed E-state index contributed by atoms with van der Waals surface area (Å²) in [7, 11) is 1.68. The number of halogens is 1. The molecule has 1 rings (SSSR count). The number of hydrogen-bond acceptors (Lipinski definition) is 2. The Kier molecular flexibility index (Phi) is 2.36. The van der Waals surface area contributed by atoms with Crippen molar-refractivity contribution < 1.29 is 5.11 Å². The molecule has 0 saturated heterocycles. The fourth-order valence-electron chi connectivity index (χ4n) is 0.931. The van der Waals surface area contributed by atoms with Crippen LogP contribution in [-0.2, 0) is 13.5 Å². The second-order valence-corrected chi connectivity index (χ2v) is 2.61. The zero-order valence-corrected chi connectivity index (χ0v) is 6.85. The van der Waals surface area contributed by atoms with E-state index in [1.165, 1.54) is 4.68 Å². The van der Waals surface area contributed by atoms with E-state index in [2.05, 4.69) is 5.10 Å². The molecular formula is C6H9ClN2O2. The van der Waals surface area contributed by atoms with Crippen LogP contribution >= 0.6 is 11.6 Å². The first-order chi connectivity index (χ1) is 5.16. The van der Waals surface area contributed by atoms with Gasteiger partial charge in [0.25, 0.3) is 5.56 Å². The van der Waals surface area contributed by atoms with Gasteiger partial charge in [-0.2, -0.15) is 0 Å². The van der Waals surface area contributed by atoms with Gasteiger partial charge in [-0.05, 0) is 0 Å². The van der Waals surface area contributed by atoms with Gasteiger partial charge in [0, 0.05) is 20.1 Å². The van der Waals surface area contributed by atoms with Crippen LogP contribution in [0.1, 0.15) is 5.69 Å². The molecule has 0 fully saturated rings. The number of aromatic nitrogens is 2. The number of nitrogens with zero attached hydrogens (tertiary/aromatic N) is 1. The first kappa shape index (κ1) is 8.36. The van der Waals surface area contributed by atoms with Crippen LogP contribution < -0.4 is 5.56 Å².